The molecule has 0 radical (unpaired) electrons. The van der Waals surface area contributed by atoms with E-state index < -0.39 is 0 Å². The molecule has 1 aromatic carbocycles. The Balaban J connectivity index is 1.94. The van der Waals surface area contributed by atoms with Crippen LogP contribution in [0.5, 0.6) is 0 Å². The SMILES string of the molecule is Cc1cscc1C(=O)c1cnn(-c2ccccc2)c1. The van der Waals surface area contributed by atoms with Crippen LogP contribution in [0.1, 0.15) is 21.5 Å². The van der Waals surface area contributed by atoms with E-state index >= 15 is 0 Å². The summed E-state index contributed by atoms with van der Waals surface area (Å²) in [7, 11) is 0. The van der Waals surface area contributed by atoms with Gasteiger partial charge in [-0.25, -0.2) is 4.68 Å². The summed E-state index contributed by atoms with van der Waals surface area (Å²) in [4.78, 5) is 12.3. The van der Waals surface area contributed by atoms with Gasteiger partial charge in [-0.05, 0) is 30.0 Å². The Bertz CT molecular complexity index is 713. The first-order valence-electron chi connectivity index (χ1n) is 5.93. The maximum Gasteiger partial charge on any atom is 0.197 e. The number of hydrogen-bond donors (Lipinski definition) is 0. The van der Waals surface area contributed by atoms with Gasteiger partial charge in [-0.15, -0.1) is 0 Å². The summed E-state index contributed by atoms with van der Waals surface area (Å²) in [5, 5.41) is 8.11. The van der Waals surface area contributed by atoms with Crippen LogP contribution in [0.2, 0.25) is 0 Å². The summed E-state index contributed by atoms with van der Waals surface area (Å²) in [6.45, 7) is 1.95. The normalized spacial score (nSPS) is 10.6. The Morgan fingerprint density at radius 2 is 2.00 bits per heavy atom. The van der Waals surface area contributed by atoms with Crippen LogP contribution in [0.25, 0.3) is 5.69 Å². The number of aromatic nitrogens is 2. The zero-order chi connectivity index (χ0) is 13.2. The van der Waals surface area contributed by atoms with E-state index in [-0.39, 0.29) is 5.78 Å². The minimum absolute atomic E-state index is 0.0286. The monoisotopic (exact) mass is 268 g/mol. The molecular weight excluding hydrogens is 256 g/mol. The van der Waals surface area contributed by atoms with Crippen molar-refractivity contribution in [2.24, 2.45) is 0 Å². The number of nitrogens with zero attached hydrogens (tertiary/aromatic N) is 2. The lowest BCUT2D eigenvalue weighted by Gasteiger charge is -1.99. The van der Waals surface area contributed by atoms with Crippen molar-refractivity contribution in [2.75, 3.05) is 0 Å². The van der Waals surface area contributed by atoms with Crippen LogP contribution in [0.4, 0.5) is 0 Å². The summed E-state index contributed by atoms with van der Waals surface area (Å²) < 4.78 is 1.72. The van der Waals surface area contributed by atoms with Crippen molar-refractivity contribution in [1.29, 1.82) is 0 Å². The molecule has 0 spiro atoms. The zero-order valence-electron chi connectivity index (χ0n) is 10.4. The van der Waals surface area contributed by atoms with E-state index in [4.69, 9.17) is 0 Å². The highest BCUT2D eigenvalue weighted by atomic mass is 32.1. The Morgan fingerprint density at radius 3 is 2.68 bits per heavy atom. The summed E-state index contributed by atoms with van der Waals surface area (Å²) in [5.74, 6) is 0.0286. The lowest BCUT2D eigenvalue weighted by Crippen LogP contribution is -2.00. The van der Waals surface area contributed by atoms with Gasteiger partial charge < -0.3 is 0 Å². The molecule has 0 aliphatic rings. The van der Waals surface area contributed by atoms with Crippen LogP contribution in [0.15, 0.2) is 53.5 Å². The van der Waals surface area contributed by atoms with Gasteiger partial charge in [-0.1, -0.05) is 18.2 Å². The van der Waals surface area contributed by atoms with Crippen LogP contribution in [0, 0.1) is 6.92 Å². The smallest absolute Gasteiger partial charge is 0.197 e. The molecule has 0 aliphatic carbocycles. The summed E-state index contributed by atoms with van der Waals surface area (Å²) in [6.07, 6.45) is 3.39. The fourth-order valence-corrected chi connectivity index (χ4v) is 2.74. The molecule has 94 valence electrons. The second kappa shape index (κ2) is 4.82. The van der Waals surface area contributed by atoms with Crippen LogP contribution in [0.3, 0.4) is 0 Å². The van der Waals surface area contributed by atoms with E-state index in [1.165, 1.54) is 0 Å². The number of carbonyl (C=O) groups is 1. The lowest BCUT2D eigenvalue weighted by atomic mass is 10.1. The van der Waals surface area contributed by atoms with Gasteiger partial charge in [-0.2, -0.15) is 16.4 Å². The molecule has 0 fully saturated rings. The fraction of sp³-hybridized carbons (Fsp3) is 0.0667. The Labute approximate surface area is 115 Å². The largest absolute Gasteiger partial charge is 0.288 e. The summed E-state index contributed by atoms with van der Waals surface area (Å²) in [6, 6.07) is 9.76. The highest BCUT2D eigenvalue weighted by Crippen LogP contribution is 2.18. The van der Waals surface area contributed by atoms with Crippen LogP contribution < -0.4 is 0 Å². The number of para-hydroxylation sites is 1. The molecule has 2 aromatic heterocycles. The van der Waals surface area contributed by atoms with Crippen molar-refractivity contribution in [3.8, 4) is 5.69 Å². The van der Waals surface area contributed by atoms with Crippen molar-refractivity contribution in [1.82, 2.24) is 9.78 Å². The van der Waals surface area contributed by atoms with Crippen LogP contribution in [-0.4, -0.2) is 15.6 Å². The zero-order valence-corrected chi connectivity index (χ0v) is 11.2. The molecule has 4 heteroatoms. The molecule has 0 amide bonds. The van der Waals surface area contributed by atoms with E-state index in [0.717, 1.165) is 16.8 Å². The minimum atomic E-state index is 0.0286. The third kappa shape index (κ3) is 2.22. The van der Waals surface area contributed by atoms with E-state index in [1.807, 2.05) is 48.0 Å². The molecule has 19 heavy (non-hydrogen) atoms. The second-order valence-electron chi connectivity index (χ2n) is 4.31. The van der Waals surface area contributed by atoms with Crippen molar-refractivity contribution in [3.05, 3.63) is 70.2 Å². The quantitative estimate of drug-likeness (QED) is 0.682. The Morgan fingerprint density at radius 1 is 1.21 bits per heavy atom. The first-order chi connectivity index (χ1) is 9.25. The van der Waals surface area contributed by atoms with Crippen LogP contribution >= 0.6 is 11.3 Å². The molecule has 3 nitrogen and oxygen atoms in total. The minimum Gasteiger partial charge on any atom is -0.288 e. The molecule has 0 saturated carbocycles. The van der Waals surface area contributed by atoms with Gasteiger partial charge >= 0.3 is 0 Å². The second-order valence-corrected chi connectivity index (χ2v) is 5.05. The maximum absolute atomic E-state index is 12.3. The fourth-order valence-electron chi connectivity index (χ4n) is 1.91. The molecule has 0 saturated heterocycles. The van der Waals surface area contributed by atoms with Crippen molar-refractivity contribution >= 4 is 17.1 Å². The number of hydrogen-bond acceptors (Lipinski definition) is 3. The average Bonchev–Trinajstić information content (AvgIpc) is 3.08. The third-order valence-corrected chi connectivity index (χ3v) is 3.83. The predicted octanol–water partition coefficient (Wildman–Crippen LogP) is 3.47. The highest BCUT2D eigenvalue weighted by Gasteiger charge is 2.14. The third-order valence-electron chi connectivity index (χ3n) is 2.97. The van der Waals surface area contributed by atoms with Gasteiger partial charge in [0.05, 0.1) is 17.4 Å². The molecule has 3 aromatic rings. The molecule has 0 N–H and O–H groups in total. The van der Waals surface area contributed by atoms with Gasteiger partial charge in [0.25, 0.3) is 0 Å². The van der Waals surface area contributed by atoms with Gasteiger partial charge in [0, 0.05) is 17.1 Å². The standard InChI is InChI=1S/C15H12N2OS/c1-11-9-19-10-14(11)15(18)12-7-16-17(8-12)13-5-3-2-4-6-13/h2-10H,1H3. The predicted molar refractivity (Wildman–Crippen MR) is 76.1 cm³/mol. The van der Waals surface area contributed by atoms with Crippen molar-refractivity contribution < 1.29 is 4.79 Å². The molecule has 0 atom stereocenters. The first-order valence-corrected chi connectivity index (χ1v) is 6.87. The van der Waals surface area contributed by atoms with Crippen molar-refractivity contribution in [2.45, 2.75) is 6.92 Å². The van der Waals surface area contributed by atoms with Gasteiger partial charge in [0.2, 0.25) is 0 Å². The molecule has 0 bridgehead atoms. The first kappa shape index (κ1) is 11.9. The maximum atomic E-state index is 12.3. The van der Waals surface area contributed by atoms with Gasteiger partial charge in [0.15, 0.2) is 5.78 Å². The van der Waals surface area contributed by atoms with Gasteiger partial charge in [0.1, 0.15) is 0 Å². The number of rotatable bonds is 3. The van der Waals surface area contributed by atoms with E-state index in [9.17, 15) is 4.79 Å². The van der Waals surface area contributed by atoms with E-state index in [2.05, 4.69) is 5.10 Å². The summed E-state index contributed by atoms with van der Waals surface area (Å²) >= 11 is 1.54. The molecule has 3 rings (SSSR count). The van der Waals surface area contributed by atoms with Gasteiger partial charge in [-0.3, -0.25) is 4.79 Å². The number of aryl methyl sites for hydroxylation is 1. The number of ketones is 1. The Hall–Kier alpha value is -2.20. The number of thiophene rings is 1. The van der Waals surface area contributed by atoms with E-state index in [1.54, 1.807) is 28.4 Å². The van der Waals surface area contributed by atoms with Crippen LogP contribution in [-0.2, 0) is 0 Å². The van der Waals surface area contributed by atoms with Crippen molar-refractivity contribution in [3.63, 3.8) is 0 Å². The van der Waals surface area contributed by atoms with E-state index in [0.29, 0.717) is 5.56 Å². The average molecular weight is 268 g/mol. The number of benzene rings is 1. The highest BCUT2D eigenvalue weighted by molar-refractivity contribution is 7.08. The molecular formula is C15H12N2OS. The Kier molecular flexibility index (Phi) is 3.01. The molecule has 0 unspecified atom stereocenters. The lowest BCUT2D eigenvalue weighted by molar-refractivity contribution is 0.103. The topological polar surface area (TPSA) is 34.9 Å². The number of carbonyl (C=O) groups excluding carboxylic acids is 1. The summed E-state index contributed by atoms with van der Waals surface area (Å²) in [5.41, 5.74) is 3.34. The molecule has 2 heterocycles. The molecule has 0 aliphatic heterocycles.